The lowest BCUT2D eigenvalue weighted by atomic mass is 9.83. The molecule has 12 nitrogen and oxygen atoms in total. The van der Waals surface area contributed by atoms with Crippen LogP contribution in [0.1, 0.15) is 114 Å². The molecular formula is C55H57N7O5. The summed E-state index contributed by atoms with van der Waals surface area (Å²) in [5.41, 5.74) is 19.2. The van der Waals surface area contributed by atoms with Crippen molar-refractivity contribution in [2.24, 2.45) is 5.92 Å². The van der Waals surface area contributed by atoms with Crippen LogP contribution in [-0.4, -0.2) is 74.7 Å². The normalized spacial score (nSPS) is 20.1. The number of anilines is 1. The number of pyridine rings is 2. The average Bonchev–Trinajstić information content (AvgIpc) is 3.66. The third-order valence-corrected chi connectivity index (χ3v) is 14.7. The first-order valence-electron chi connectivity index (χ1n) is 23.8. The van der Waals surface area contributed by atoms with Crippen molar-refractivity contribution in [2.75, 3.05) is 38.5 Å². The molecule has 0 radical (unpaired) electrons. The van der Waals surface area contributed by atoms with E-state index in [1.165, 1.54) is 26.8 Å². The van der Waals surface area contributed by atoms with Gasteiger partial charge in [0.15, 0.2) is 11.4 Å². The number of oxazole rings is 1. The Morgan fingerprint density at radius 1 is 0.806 bits per heavy atom. The van der Waals surface area contributed by atoms with Crippen LogP contribution in [0.3, 0.4) is 0 Å². The van der Waals surface area contributed by atoms with Crippen molar-refractivity contribution in [1.82, 2.24) is 29.7 Å². The maximum Gasteiger partial charge on any atom is 0.420 e. The second-order valence-corrected chi connectivity index (χ2v) is 19.1. The Labute approximate surface area is 390 Å². The molecule has 342 valence electrons. The van der Waals surface area contributed by atoms with Crippen molar-refractivity contribution in [2.45, 2.75) is 83.2 Å². The lowest BCUT2D eigenvalue weighted by Gasteiger charge is -2.35. The number of hydrogen-bond donors (Lipinski definition) is 2. The number of nitrogens with two attached hydrogens (primary N) is 1. The van der Waals surface area contributed by atoms with E-state index in [-0.39, 0.29) is 24.5 Å². The number of piperidine rings is 3. The average molecular weight is 896 g/mol. The zero-order chi connectivity index (χ0) is 46.2. The molecule has 3 aromatic carbocycles. The van der Waals surface area contributed by atoms with Crippen LogP contribution in [-0.2, 0) is 22.6 Å². The number of carbonyl (C=O) groups is 3. The van der Waals surface area contributed by atoms with Crippen LogP contribution in [0.25, 0.3) is 33.9 Å². The number of imide groups is 1. The number of aromatic nitrogens is 3. The Bertz CT molecular complexity index is 2950. The van der Waals surface area contributed by atoms with Gasteiger partial charge in [-0.3, -0.25) is 39.1 Å². The maximum atomic E-state index is 13.5. The first kappa shape index (κ1) is 44.1. The number of fused-ring (bicyclic) bond motifs is 2. The molecule has 0 spiro atoms. The van der Waals surface area contributed by atoms with Crippen LogP contribution in [0.5, 0.6) is 0 Å². The molecule has 0 bridgehead atoms. The van der Waals surface area contributed by atoms with Crippen molar-refractivity contribution in [3.05, 3.63) is 159 Å². The minimum Gasteiger partial charge on any atom is -0.408 e. The smallest absolute Gasteiger partial charge is 0.408 e. The summed E-state index contributed by atoms with van der Waals surface area (Å²) in [5.74, 6) is 0.514. The molecule has 10 rings (SSSR count). The number of nitrogens with one attached hydrogen (secondary N) is 1. The molecule has 3 N–H and O–H groups in total. The fourth-order valence-electron chi connectivity index (χ4n) is 10.7. The van der Waals surface area contributed by atoms with Crippen molar-refractivity contribution < 1.29 is 18.8 Å². The first-order chi connectivity index (χ1) is 32.5. The van der Waals surface area contributed by atoms with E-state index in [1.54, 1.807) is 6.08 Å². The fourth-order valence-corrected chi connectivity index (χ4v) is 10.7. The van der Waals surface area contributed by atoms with E-state index >= 15 is 0 Å². The number of amides is 2. The molecule has 12 heteroatoms. The van der Waals surface area contributed by atoms with E-state index in [0.717, 1.165) is 105 Å². The molecule has 2 amide bonds. The van der Waals surface area contributed by atoms with Gasteiger partial charge in [0.1, 0.15) is 11.9 Å². The van der Waals surface area contributed by atoms with Crippen molar-refractivity contribution in [3.8, 4) is 11.1 Å². The number of benzene rings is 3. The molecule has 2 atom stereocenters. The molecule has 3 fully saturated rings. The van der Waals surface area contributed by atoms with E-state index in [4.69, 9.17) is 15.1 Å². The lowest BCUT2D eigenvalue weighted by molar-refractivity contribution is -0.135. The van der Waals surface area contributed by atoms with E-state index < -0.39 is 17.7 Å². The predicted octanol–water partition coefficient (Wildman–Crippen LogP) is 8.73. The van der Waals surface area contributed by atoms with Gasteiger partial charge in [0.25, 0.3) is 0 Å². The second kappa shape index (κ2) is 18.9. The minimum atomic E-state index is -0.757. The van der Waals surface area contributed by atoms with Crippen molar-refractivity contribution >= 4 is 46.2 Å². The number of likely N-dealkylation sites (tertiary alicyclic amines) is 2. The van der Waals surface area contributed by atoms with Gasteiger partial charge in [-0.2, -0.15) is 0 Å². The monoisotopic (exact) mass is 895 g/mol. The minimum absolute atomic E-state index is 0.0194. The zero-order valence-electron chi connectivity index (χ0n) is 38.2. The lowest BCUT2D eigenvalue weighted by Crippen LogP contribution is -2.43. The van der Waals surface area contributed by atoms with Gasteiger partial charge in [0, 0.05) is 54.3 Å². The van der Waals surface area contributed by atoms with Crippen LogP contribution < -0.4 is 16.8 Å². The highest BCUT2D eigenvalue weighted by molar-refractivity contribution is 6.08. The number of hydrogen-bond acceptors (Lipinski definition) is 10. The van der Waals surface area contributed by atoms with Gasteiger partial charge in [-0.15, -0.1) is 0 Å². The number of nitrogen functional groups attached to an aromatic ring is 1. The summed E-state index contributed by atoms with van der Waals surface area (Å²) < 4.78 is 6.93. The van der Waals surface area contributed by atoms with Gasteiger partial charge in [0.05, 0.1) is 5.52 Å². The number of ketones is 1. The molecule has 3 aromatic heterocycles. The zero-order valence-corrected chi connectivity index (χ0v) is 38.2. The molecule has 6 heterocycles. The van der Waals surface area contributed by atoms with Gasteiger partial charge in [0.2, 0.25) is 11.8 Å². The van der Waals surface area contributed by atoms with Crippen LogP contribution >= 0.6 is 0 Å². The SMILES string of the molecule is CC(=CC(=O)c1ccc(C2CCN(CC3=Cc4c(-c5ccc(N)nc5)ccnc4C[C@@H]3C)CC2)cc1)c1ccc(C2CCN(Cc3ccc4c(c3)oc(=O)n4C3CCC(=O)NC3=O)CC2)cc1. The molecule has 1 unspecified atom stereocenters. The number of rotatable bonds is 11. The number of carbonyl (C=O) groups excluding carboxylic acids is 3. The fraction of sp³-hybridized carbons (Fsp3) is 0.345. The highest BCUT2D eigenvalue weighted by atomic mass is 16.4. The Morgan fingerprint density at radius 3 is 2.13 bits per heavy atom. The quantitative estimate of drug-likeness (QED) is 0.0733. The Hall–Kier alpha value is -6.76. The maximum absolute atomic E-state index is 13.5. The molecule has 1 aliphatic carbocycles. The summed E-state index contributed by atoms with van der Waals surface area (Å²) in [5, 5.41) is 2.33. The Kier molecular flexibility index (Phi) is 12.4. The summed E-state index contributed by atoms with van der Waals surface area (Å²) in [6, 6.07) is 27.9. The largest absolute Gasteiger partial charge is 0.420 e. The summed E-state index contributed by atoms with van der Waals surface area (Å²) in [6.07, 6.45) is 13.5. The molecule has 3 aliphatic heterocycles. The van der Waals surface area contributed by atoms with Crippen molar-refractivity contribution in [3.63, 3.8) is 0 Å². The third kappa shape index (κ3) is 9.46. The van der Waals surface area contributed by atoms with E-state index in [2.05, 4.69) is 75.6 Å². The molecule has 6 aromatic rings. The van der Waals surface area contributed by atoms with E-state index in [0.29, 0.717) is 40.2 Å². The van der Waals surface area contributed by atoms with Crippen LogP contribution in [0.2, 0.25) is 0 Å². The van der Waals surface area contributed by atoms with Crippen molar-refractivity contribution in [1.29, 1.82) is 0 Å². The highest BCUT2D eigenvalue weighted by Crippen LogP contribution is 2.36. The number of nitrogens with zero attached hydrogens (tertiary/aromatic N) is 5. The molecule has 0 saturated carbocycles. The summed E-state index contributed by atoms with van der Waals surface area (Å²) in [6.45, 7) is 9.97. The topological polar surface area (TPSA) is 157 Å². The highest BCUT2D eigenvalue weighted by Gasteiger charge is 2.32. The van der Waals surface area contributed by atoms with Gasteiger partial charge >= 0.3 is 5.76 Å². The molecular weight excluding hydrogens is 839 g/mol. The molecule has 67 heavy (non-hydrogen) atoms. The van der Waals surface area contributed by atoms with Crippen LogP contribution in [0, 0.1) is 5.92 Å². The van der Waals surface area contributed by atoms with Gasteiger partial charge < -0.3 is 10.2 Å². The predicted molar refractivity (Wildman–Crippen MR) is 261 cm³/mol. The Morgan fingerprint density at radius 2 is 1.48 bits per heavy atom. The summed E-state index contributed by atoms with van der Waals surface area (Å²) in [4.78, 5) is 64.4. The molecule has 3 saturated heterocycles. The Balaban J connectivity index is 0.696. The van der Waals surface area contributed by atoms with Gasteiger partial charge in [-0.25, -0.2) is 9.78 Å². The summed E-state index contributed by atoms with van der Waals surface area (Å²) >= 11 is 0. The standard InChI is InChI=1S/C55H57N7O5/c1-34-27-47-46(45(17-22-57-47)43-12-15-52(56)58-31-43)30-44(34)33-61-25-20-41(21-26-61)39-8-10-42(11-9-39)50(63)28-35(2)37-4-6-38(7-5-37)40-18-23-60(24-19-40)32-36-3-13-48-51(29-36)67-55(66)62(48)49-14-16-53(64)59-54(49)65/h3-13,15,17,22,28-31,34,40-41,49H,14,16,18-21,23-27,32-33H2,1-2H3,(H2,56,58)(H,59,64,65)/t34-,49?/m0/s1. The summed E-state index contributed by atoms with van der Waals surface area (Å²) in [7, 11) is 0. The number of allylic oxidation sites excluding steroid dienone is 2. The van der Waals surface area contributed by atoms with E-state index in [9.17, 15) is 19.2 Å². The van der Waals surface area contributed by atoms with Crippen LogP contribution in [0.4, 0.5) is 5.82 Å². The molecule has 4 aliphatic rings. The first-order valence-corrected chi connectivity index (χ1v) is 23.8. The second-order valence-electron chi connectivity index (χ2n) is 19.1. The third-order valence-electron chi connectivity index (χ3n) is 14.7. The van der Waals surface area contributed by atoms with E-state index in [1.807, 2.05) is 61.8 Å². The van der Waals surface area contributed by atoms with Gasteiger partial charge in [-0.1, -0.05) is 73.2 Å². The van der Waals surface area contributed by atoms with Gasteiger partial charge in [-0.05, 0) is 159 Å². The van der Waals surface area contributed by atoms with Crippen LogP contribution in [0.15, 0.2) is 118 Å².